The fraction of sp³-hybridized carbons (Fsp3) is 0.130. The van der Waals surface area contributed by atoms with E-state index in [9.17, 15) is 13.2 Å². The van der Waals surface area contributed by atoms with Gasteiger partial charge in [0.25, 0.3) is 0 Å². The molecule has 0 bridgehead atoms. The molecule has 0 aliphatic carbocycles. The number of rotatable bonds is 8. The van der Waals surface area contributed by atoms with Crippen LogP contribution in [0.25, 0.3) is 17.1 Å². The molecule has 4 aromatic rings. The number of H-pyrrole nitrogens is 1. The van der Waals surface area contributed by atoms with Gasteiger partial charge in [0.05, 0.1) is 35.3 Å². The SMILES string of the molecule is CN(Cc1nc2ccccc2[nH]1)C(=O)/C=C/c1ccc(S(=O)(=O)NCc2ccco2)cc1. The summed E-state index contributed by atoms with van der Waals surface area (Å²) in [5.41, 5.74) is 2.49. The molecule has 9 heteroatoms. The van der Waals surface area contributed by atoms with Gasteiger partial charge in [-0.25, -0.2) is 18.1 Å². The first-order chi connectivity index (χ1) is 15.4. The van der Waals surface area contributed by atoms with Crippen molar-refractivity contribution in [1.29, 1.82) is 0 Å². The lowest BCUT2D eigenvalue weighted by atomic mass is 10.2. The number of likely N-dealkylation sites (N-methyl/N-ethyl adjacent to an activating group) is 1. The van der Waals surface area contributed by atoms with Crippen LogP contribution in [0.4, 0.5) is 0 Å². The van der Waals surface area contributed by atoms with Gasteiger partial charge in [-0.2, -0.15) is 0 Å². The first-order valence-electron chi connectivity index (χ1n) is 9.90. The standard InChI is InChI=1S/C23H22N4O4S/c1-27(16-22-25-20-6-2-3-7-21(20)26-22)23(28)13-10-17-8-11-19(12-9-17)32(29,30)24-15-18-5-4-14-31-18/h2-14,24H,15-16H2,1H3,(H,25,26)/b13-10+. The third-order valence-corrected chi connectivity index (χ3v) is 6.24. The van der Waals surface area contributed by atoms with Crippen LogP contribution in [-0.4, -0.2) is 36.2 Å². The molecule has 0 saturated heterocycles. The molecular weight excluding hydrogens is 428 g/mol. The van der Waals surface area contributed by atoms with Crippen molar-refractivity contribution >= 4 is 33.0 Å². The number of hydrogen-bond acceptors (Lipinski definition) is 5. The number of fused-ring (bicyclic) bond motifs is 1. The van der Waals surface area contributed by atoms with Crippen molar-refractivity contribution in [3.63, 3.8) is 0 Å². The molecule has 4 rings (SSSR count). The van der Waals surface area contributed by atoms with E-state index in [1.165, 1.54) is 24.5 Å². The molecule has 2 aromatic carbocycles. The van der Waals surface area contributed by atoms with E-state index >= 15 is 0 Å². The van der Waals surface area contributed by atoms with Gasteiger partial charge in [-0.05, 0) is 48.0 Å². The van der Waals surface area contributed by atoms with Crippen molar-refractivity contribution in [3.05, 3.63) is 90.2 Å². The fourth-order valence-corrected chi connectivity index (χ4v) is 4.09. The molecule has 0 unspecified atom stereocenters. The van der Waals surface area contributed by atoms with E-state index in [4.69, 9.17) is 4.42 Å². The Kier molecular flexibility index (Phi) is 6.20. The average molecular weight is 451 g/mol. The quantitative estimate of drug-likeness (QED) is 0.401. The Morgan fingerprint density at radius 1 is 1.12 bits per heavy atom. The number of amides is 1. The summed E-state index contributed by atoms with van der Waals surface area (Å²) in [6.45, 7) is 0.416. The van der Waals surface area contributed by atoms with Crippen LogP contribution >= 0.6 is 0 Å². The van der Waals surface area contributed by atoms with Crippen LogP contribution in [0.2, 0.25) is 0 Å². The van der Waals surface area contributed by atoms with Gasteiger partial charge in [0, 0.05) is 13.1 Å². The number of imidazole rings is 1. The number of aromatic amines is 1. The van der Waals surface area contributed by atoms with Crippen LogP contribution in [0.1, 0.15) is 17.1 Å². The summed E-state index contributed by atoms with van der Waals surface area (Å²) in [6, 6.07) is 17.3. The smallest absolute Gasteiger partial charge is 0.246 e. The number of furan rings is 1. The molecule has 2 N–H and O–H groups in total. The Balaban J connectivity index is 1.35. The van der Waals surface area contributed by atoms with Gasteiger partial charge in [-0.15, -0.1) is 0 Å². The summed E-state index contributed by atoms with van der Waals surface area (Å²) >= 11 is 0. The van der Waals surface area contributed by atoms with Crippen LogP contribution in [0.15, 0.2) is 82.3 Å². The second-order valence-electron chi connectivity index (χ2n) is 7.20. The van der Waals surface area contributed by atoms with Crippen molar-refractivity contribution < 1.29 is 17.6 Å². The molecule has 2 aromatic heterocycles. The monoisotopic (exact) mass is 450 g/mol. The molecule has 0 spiro atoms. The first kappa shape index (κ1) is 21.5. The number of para-hydroxylation sites is 2. The number of benzene rings is 2. The van der Waals surface area contributed by atoms with Crippen LogP contribution in [0.3, 0.4) is 0 Å². The van der Waals surface area contributed by atoms with E-state index in [0.29, 0.717) is 23.7 Å². The second-order valence-corrected chi connectivity index (χ2v) is 8.97. The lowest BCUT2D eigenvalue weighted by Gasteiger charge is -2.13. The minimum absolute atomic E-state index is 0.0725. The van der Waals surface area contributed by atoms with Gasteiger partial charge in [0.2, 0.25) is 15.9 Å². The molecular formula is C23H22N4O4S. The number of hydrogen-bond donors (Lipinski definition) is 2. The number of carbonyl (C=O) groups is 1. The number of sulfonamides is 1. The van der Waals surface area contributed by atoms with Crippen LogP contribution in [0.5, 0.6) is 0 Å². The maximum Gasteiger partial charge on any atom is 0.246 e. The average Bonchev–Trinajstić information content (AvgIpc) is 3.45. The van der Waals surface area contributed by atoms with Crippen molar-refractivity contribution in [2.75, 3.05) is 7.05 Å². The Hall–Kier alpha value is -3.69. The maximum atomic E-state index is 12.4. The highest BCUT2D eigenvalue weighted by atomic mass is 32.2. The van der Waals surface area contributed by atoms with Gasteiger partial charge in [-0.3, -0.25) is 4.79 Å². The van der Waals surface area contributed by atoms with E-state index in [1.807, 2.05) is 24.3 Å². The number of nitrogens with one attached hydrogen (secondary N) is 2. The van der Waals surface area contributed by atoms with E-state index < -0.39 is 10.0 Å². The molecule has 32 heavy (non-hydrogen) atoms. The molecule has 164 valence electrons. The van der Waals surface area contributed by atoms with Crippen LogP contribution in [-0.2, 0) is 27.9 Å². The van der Waals surface area contributed by atoms with Crippen molar-refractivity contribution in [1.82, 2.24) is 19.6 Å². The Labute approximate surface area is 185 Å². The van der Waals surface area contributed by atoms with Gasteiger partial charge in [0.15, 0.2) is 0 Å². The third-order valence-electron chi connectivity index (χ3n) is 4.83. The molecule has 1 amide bonds. The lowest BCUT2D eigenvalue weighted by Crippen LogP contribution is -2.24. The van der Waals surface area contributed by atoms with Crippen molar-refractivity contribution in [3.8, 4) is 0 Å². The van der Waals surface area contributed by atoms with E-state index in [-0.39, 0.29) is 17.3 Å². The van der Waals surface area contributed by atoms with Gasteiger partial charge in [0.1, 0.15) is 11.6 Å². The largest absolute Gasteiger partial charge is 0.468 e. The highest BCUT2D eigenvalue weighted by Gasteiger charge is 2.14. The zero-order chi connectivity index (χ0) is 22.6. The number of nitrogens with zero attached hydrogens (tertiary/aromatic N) is 2. The summed E-state index contributed by atoms with van der Waals surface area (Å²) in [4.78, 5) is 21.8. The Morgan fingerprint density at radius 3 is 2.62 bits per heavy atom. The summed E-state index contributed by atoms with van der Waals surface area (Å²) in [5.74, 6) is 1.03. The van der Waals surface area contributed by atoms with Crippen LogP contribution < -0.4 is 4.72 Å². The van der Waals surface area contributed by atoms with Crippen molar-refractivity contribution in [2.45, 2.75) is 18.0 Å². The minimum atomic E-state index is -3.66. The molecule has 0 radical (unpaired) electrons. The Morgan fingerprint density at radius 2 is 1.91 bits per heavy atom. The summed E-state index contributed by atoms with van der Waals surface area (Å²) in [6.07, 6.45) is 4.58. The minimum Gasteiger partial charge on any atom is -0.468 e. The molecule has 0 aliphatic heterocycles. The summed E-state index contributed by atoms with van der Waals surface area (Å²) in [5, 5.41) is 0. The fourth-order valence-electron chi connectivity index (χ4n) is 3.10. The third kappa shape index (κ3) is 5.13. The molecule has 0 fully saturated rings. The zero-order valence-electron chi connectivity index (χ0n) is 17.4. The predicted octanol–water partition coefficient (Wildman–Crippen LogP) is 3.31. The van der Waals surface area contributed by atoms with E-state index in [1.54, 1.807) is 42.3 Å². The van der Waals surface area contributed by atoms with Gasteiger partial charge in [-0.1, -0.05) is 24.3 Å². The van der Waals surface area contributed by atoms with Crippen LogP contribution in [0, 0.1) is 0 Å². The van der Waals surface area contributed by atoms with Gasteiger partial charge >= 0.3 is 0 Å². The predicted molar refractivity (Wildman–Crippen MR) is 121 cm³/mol. The summed E-state index contributed by atoms with van der Waals surface area (Å²) in [7, 11) is -1.97. The van der Waals surface area contributed by atoms with E-state index in [2.05, 4.69) is 14.7 Å². The molecule has 8 nitrogen and oxygen atoms in total. The lowest BCUT2D eigenvalue weighted by molar-refractivity contribution is -0.125. The maximum absolute atomic E-state index is 12.4. The topological polar surface area (TPSA) is 108 Å². The molecule has 0 aliphatic rings. The normalized spacial score (nSPS) is 11.9. The molecule has 2 heterocycles. The second kappa shape index (κ2) is 9.21. The van der Waals surface area contributed by atoms with Gasteiger partial charge < -0.3 is 14.3 Å². The highest BCUT2D eigenvalue weighted by Crippen LogP contribution is 2.14. The van der Waals surface area contributed by atoms with E-state index in [0.717, 1.165) is 11.0 Å². The summed E-state index contributed by atoms with van der Waals surface area (Å²) < 4.78 is 32.4. The highest BCUT2D eigenvalue weighted by molar-refractivity contribution is 7.89. The zero-order valence-corrected chi connectivity index (χ0v) is 18.2. The van der Waals surface area contributed by atoms with Crippen molar-refractivity contribution in [2.24, 2.45) is 0 Å². The number of carbonyl (C=O) groups excluding carboxylic acids is 1. The molecule has 0 saturated carbocycles. The molecule has 0 atom stereocenters. The Bertz CT molecular complexity index is 1310. The first-order valence-corrected chi connectivity index (χ1v) is 11.4. The number of aromatic nitrogens is 2.